The molecule has 20 heavy (non-hydrogen) atoms. The highest BCUT2D eigenvalue weighted by Gasteiger charge is 2.40. The largest absolute Gasteiger partial charge is 0.315 e. The standard InChI is InChI=1S/C14H25N3O2S/c1-12(2)15-7-4-5-13-9-16-17(10-13)14(3)6-8-20(18,19)11-14/h9-10,12,15H,4-8,11H2,1-3H3. The predicted molar refractivity (Wildman–Crippen MR) is 80.6 cm³/mol. The highest BCUT2D eigenvalue weighted by molar-refractivity contribution is 7.91. The summed E-state index contributed by atoms with van der Waals surface area (Å²) in [5, 5.41) is 7.77. The average Bonchev–Trinajstić information content (AvgIpc) is 2.91. The Bertz CT molecular complexity index is 551. The molecule has 0 amide bonds. The van der Waals surface area contributed by atoms with Gasteiger partial charge in [-0.05, 0) is 38.3 Å². The molecule has 6 heteroatoms. The van der Waals surface area contributed by atoms with E-state index in [1.807, 2.05) is 24.0 Å². The maximum absolute atomic E-state index is 11.7. The Morgan fingerprint density at radius 3 is 2.85 bits per heavy atom. The summed E-state index contributed by atoms with van der Waals surface area (Å²) in [5.41, 5.74) is 0.814. The molecule has 0 saturated carbocycles. The molecule has 1 aliphatic rings. The summed E-state index contributed by atoms with van der Waals surface area (Å²) in [5.74, 6) is 0.479. The molecule has 0 spiro atoms. The Balaban J connectivity index is 1.92. The molecule has 1 aromatic rings. The van der Waals surface area contributed by atoms with Crippen LogP contribution in [0.25, 0.3) is 0 Å². The highest BCUT2D eigenvalue weighted by atomic mass is 32.2. The molecule has 1 saturated heterocycles. The number of aryl methyl sites for hydroxylation is 1. The number of hydrogen-bond donors (Lipinski definition) is 1. The third-order valence-corrected chi connectivity index (χ3v) is 5.75. The first-order chi connectivity index (χ1) is 9.31. The van der Waals surface area contributed by atoms with Gasteiger partial charge in [0.2, 0.25) is 0 Å². The molecule has 0 radical (unpaired) electrons. The van der Waals surface area contributed by atoms with Gasteiger partial charge in [-0.3, -0.25) is 4.68 Å². The molecule has 1 atom stereocenters. The smallest absolute Gasteiger partial charge is 0.152 e. The molecule has 114 valence electrons. The fraction of sp³-hybridized carbons (Fsp3) is 0.786. The molecule has 5 nitrogen and oxygen atoms in total. The van der Waals surface area contributed by atoms with Crippen LogP contribution in [-0.4, -0.2) is 42.3 Å². The van der Waals surface area contributed by atoms with Crippen molar-refractivity contribution >= 4 is 9.84 Å². The fourth-order valence-electron chi connectivity index (χ4n) is 2.64. The zero-order chi connectivity index (χ0) is 14.8. The molecule has 0 bridgehead atoms. The molecule has 0 aliphatic carbocycles. The van der Waals surface area contributed by atoms with Gasteiger partial charge in [0.1, 0.15) is 0 Å². The quantitative estimate of drug-likeness (QED) is 0.805. The van der Waals surface area contributed by atoms with Gasteiger partial charge in [-0.1, -0.05) is 13.8 Å². The van der Waals surface area contributed by atoms with Crippen molar-refractivity contribution in [3.8, 4) is 0 Å². The van der Waals surface area contributed by atoms with Crippen molar-refractivity contribution in [1.29, 1.82) is 0 Å². The third kappa shape index (κ3) is 3.82. The zero-order valence-electron chi connectivity index (χ0n) is 12.6. The minimum atomic E-state index is -2.89. The van der Waals surface area contributed by atoms with E-state index in [2.05, 4.69) is 24.3 Å². The zero-order valence-corrected chi connectivity index (χ0v) is 13.4. The van der Waals surface area contributed by atoms with Gasteiger partial charge in [0.15, 0.2) is 9.84 Å². The Morgan fingerprint density at radius 1 is 1.50 bits per heavy atom. The van der Waals surface area contributed by atoms with Gasteiger partial charge in [0.05, 0.1) is 23.2 Å². The first-order valence-electron chi connectivity index (χ1n) is 7.29. The van der Waals surface area contributed by atoms with E-state index in [4.69, 9.17) is 0 Å². The van der Waals surface area contributed by atoms with E-state index in [1.54, 1.807) is 0 Å². The molecular weight excluding hydrogens is 274 g/mol. The Morgan fingerprint density at radius 2 is 2.25 bits per heavy atom. The average molecular weight is 299 g/mol. The first kappa shape index (κ1) is 15.5. The lowest BCUT2D eigenvalue weighted by Crippen LogP contribution is -2.31. The molecule has 2 heterocycles. The predicted octanol–water partition coefficient (Wildman–Crippen LogP) is 1.35. The molecule has 2 rings (SSSR count). The molecule has 0 aromatic carbocycles. The van der Waals surface area contributed by atoms with Gasteiger partial charge >= 0.3 is 0 Å². The first-order valence-corrected chi connectivity index (χ1v) is 9.11. The van der Waals surface area contributed by atoms with E-state index in [0.717, 1.165) is 19.4 Å². The van der Waals surface area contributed by atoms with Crippen LogP contribution in [0.1, 0.15) is 39.2 Å². The number of nitrogens with one attached hydrogen (secondary N) is 1. The lowest BCUT2D eigenvalue weighted by atomic mass is 10.0. The topological polar surface area (TPSA) is 64.0 Å². The van der Waals surface area contributed by atoms with Crippen LogP contribution in [0.15, 0.2) is 12.4 Å². The van der Waals surface area contributed by atoms with E-state index in [1.165, 1.54) is 5.56 Å². The number of rotatable bonds is 6. The second kappa shape index (κ2) is 5.85. The summed E-state index contributed by atoms with van der Waals surface area (Å²) in [6, 6.07) is 0.514. The number of nitrogens with zero attached hydrogens (tertiary/aromatic N) is 2. The number of aromatic nitrogens is 2. The van der Waals surface area contributed by atoms with E-state index >= 15 is 0 Å². The minimum absolute atomic E-state index is 0.204. The molecule has 1 unspecified atom stereocenters. The lowest BCUT2D eigenvalue weighted by molar-refractivity contribution is 0.328. The summed E-state index contributed by atoms with van der Waals surface area (Å²) in [6.07, 6.45) is 6.58. The van der Waals surface area contributed by atoms with Gasteiger partial charge in [0.25, 0.3) is 0 Å². The summed E-state index contributed by atoms with van der Waals surface area (Å²) in [7, 11) is -2.89. The SMILES string of the molecule is CC(C)NCCCc1cnn(C2(C)CCS(=O)(=O)C2)c1. The van der Waals surface area contributed by atoms with E-state index in [-0.39, 0.29) is 17.0 Å². The Labute approximate surface area is 121 Å². The maximum atomic E-state index is 11.7. The molecular formula is C14H25N3O2S. The highest BCUT2D eigenvalue weighted by Crippen LogP contribution is 2.30. The summed E-state index contributed by atoms with van der Waals surface area (Å²) in [6.45, 7) is 7.25. The van der Waals surface area contributed by atoms with Crippen molar-refractivity contribution in [2.45, 2.75) is 51.6 Å². The molecule has 1 fully saturated rings. The number of sulfone groups is 1. The summed E-state index contributed by atoms with van der Waals surface area (Å²) < 4.78 is 25.2. The van der Waals surface area contributed by atoms with E-state index in [0.29, 0.717) is 12.5 Å². The monoisotopic (exact) mass is 299 g/mol. The van der Waals surface area contributed by atoms with Crippen molar-refractivity contribution in [3.63, 3.8) is 0 Å². The van der Waals surface area contributed by atoms with Crippen LogP contribution in [0.2, 0.25) is 0 Å². The van der Waals surface area contributed by atoms with Crippen molar-refractivity contribution < 1.29 is 8.42 Å². The van der Waals surface area contributed by atoms with Crippen LogP contribution < -0.4 is 5.32 Å². The third-order valence-electron chi connectivity index (χ3n) is 3.87. The van der Waals surface area contributed by atoms with Crippen LogP contribution in [0.5, 0.6) is 0 Å². The van der Waals surface area contributed by atoms with Gasteiger partial charge in [-0.25, -0.2) is 8.42 Å². The number of hydrogen-bond acceptors (Lipinski definition) is 4. The van der Waals surface area contributed by atoms with Crippen molar-refractivity contribution in [1.82, 2.24) is 15.1 Å². The van der Waals surface area contributed by atoms with Crippen molar-refractivity contribution in [2.24, 2.45) is 0 Å². The van der Waals surface area contributed by atoms with Crippen LogP contribution in [0.3, 0.4) is 0 Å². The van der Waals surface area contributed by atoms with Gasteiger partial charge in [0, 0.05) is 12.2 Å². The summed E-state index contributed by atoms with van der Waals surface area (Å²) >= 11 is 0. The molecule has 1 aromatic heterocycles. The van der Waals surface area contributed by atoms with Crippen LogP contribution >= 0.6 is 0 Å². The fourth-order valence-corrected chi connectivity index (χ4v) is 4.76. The Hall–Kier alpha value is -0.880. The minimum Gasteiger partial charge on any atom is -0.315 e. The van der Waals surface area contributed by atoms with Crippen LogP contribution in [0, 0.1) is 0 Å². The van der Waals surface area contributed by atoms with Gasteiger partial charge in [-0.2, -0.15) is 5.10 Å². The second-order valence-electron chi connectivity index (χ2n) is 6.34. The van der Waals surface area contributed by atoms with Crippen molar-refractivity contribution in [2.75, 3.05) is 18.1 Å². The van der Waals surface area contributed by atoms with E-state index in [9.17, 15) is 8.42 Å². The molecule has 1 aliphatic heterocycles. The normalized spacial score (nSPS) is 25.4. The van der Waals surface area contributed by atoms with Crippen molar-refractivity contribution in [3.05, 3.63) is 18.0 Å². The molecule has 1 N–H and O–H groups in total. The van der Waals surface area contributed by atoms with Gasteiger partial charge in [-0.15, -0.1) is 0 Å². The second-order valence-corrected chi connectivity index (χ2v) is 8.53. The van der Waals surface area contributed by atoms with E-state index < -0.39 is 9.84 Å². The van der Waals surface area contributed by atoms with Gasteiger partial charge < -0.3 is 5.32 Å². The maximum Gasteiger partial charge on any atom is 0.152 e. The lowest BCUT2D eigenvalue weighted by Gasteiger charge is -2.22. The Kier molecular flexibility index (Phi) is 4.54. The summed E-state index contributed by atoms with van der Waals surface area (Å²) in [4.78, 5) is 0. The van der Waals surface area contributed by atoms with Crippen LogP contribution in [-0.2, 0) is 21.8 Å². The van der Waals surface area contributed by atoms with Crippen LogP contribution in [0.4, 0.5) is 0 Å².